The molecule has 2 aromatic heterocycles. The molecule has 0 bridgehead atoms. The number of hydrogen-bond acceptors (Lipinski definition) is 5. The highest BCUT2D eigenvalue weighted by Gasteiger charge is 2.06. The Morgan fingerprint density at radius 1 is 0.612 bits per heavy atom. The molecule has 0 N–H and O–H groups in total. The highest BCUT2D eigenvalue weighted by atomic mass is 16.5. The molecule has 0 aliphatic heterocycles. The summed E-state index contributed by atoms with van der Waals surface area (Å²) in [6.45, 7) is 8.18. The third kappa shape index (κ3) is 16.5. The lowest BCUT2D eigenvalue weighted by Gasteiger charge is -2.12. The van der Waals surface area contributed by atoms with Gasteiger partial charge in [-0.15, -0.1) is 0 Å². The second-order valence-corrected chi connectivity index (χ2v) is 12.4. The van der Waals surface area contributed by atoms with Gasteiger partial charge in [0.25, 0.3) is 0 Å². The molecule has 3 aromatic rings. The summed E-state index contributed by atoms with van der Waals surface area (Å²) in [5, 5.41) is 0. The van der Waals surface area contributed by atoms with E-state index in [9.17, 15) is 0 Å². The Hall–Kier alpha value is -4.38. The van der Waals surface area contributed by atoms with Crippen molar-refractivity contribution in [2.45, 2.75) is 111 Å². The minimum atomic E-state index is 0.550. The maximum Gasteiger partial charge on any atom is 0.124 e. The maximum absolute atomic E-state index is 6.40. The molecule has 0 amide bonds. The summed E-state index contributed by atoms with van der Waals surface area (Å²) >= 11 is 0. The van der Waals surface area contributed by atoms with Crippen LogP contribution in [-0.4, -0.2) is 29.0 Å². The summed E-state index contributed by atoms with van der Waals surface area (Å²) in [7, 11) is 0. The number of aromatic nitrogens is 2. The fourth-order valence-electron chi connectivity index (χ4n) is 5.61. The molecule has 1 aromatic carbocycles. The third-order valence-electron chi connectivity index (χ3n) is 8.36. The van der Waals surface area contributed by atoms with E-state index >= 15 is 0 Å². The summed E-state index contributed by atoms with van der Waals surface area (Å²) < 4.78 is 6.40. The number of aliphatic imine (C=N–C) groups is 2. The van der Waals surface area contributed by atoms with E-state index in [1.807, 2.05) is 99.6 Å². The van der Waals surface area contributed by atoms with Crippen LogP contribution >= 0.6 is 0 Å². The highest BCUT2D eigenvalue weighted by molar-refractivity contribution is 5.89. The van der Waals surface area contributed by atoms with Crippen molar-refractivity contribution < 1.29 is 4.74 Å². The van der Waals surface area contributed by atoms with Gasteiger partial charge < -0.3 is 4.74 Å². The summed E-state index contributed by atoms with van der Waals surface area (Å²) in [5.41, 5.74) is 6.63. The van der Waals surface area contributed by atoms with E-state index in [4.69, 9.17) is 14.7 Å². The van der Waals surface area contributed by atoms with Crippen molar-refractivity contribution in [3.63, 3.8) is 0 Å². The lowest BCUT2D eigenvalue weighted by atomic mass is 10.1. The highest BCUT2D eigenvalue weighted by Crippen LogP contribution is 2.23. The molecule has 0 saturated carbocycles. The fourth-order valence-corrected chi connectivity index (χ4v) is 5.61. The zero-order chi connectivity index (χ0) is 34.6. The number of nitrogens with zero attached hydrogens (tertiary/aromatic N) is 4. The van der Waals surface area contributed by atoms with E-state index in [0.29, 0.717) is 13.1 Å². The smallest absolute Gasteiger partial charge is 0.124 e. The fraction of sp³-hybridized carbons (Fsp3) is 0.409. The van der Waals surface area contributed by atoms with Crippen molar-refractivity contribution >= 4 is 23.6 Å². The molecule has 49 heavy (non-hydrogen) atoms. The van der Waals surface area contributed by atoms with Crippen LogP contribution in [0, 0.1) is 0 Å². The Morgan fingerprint density at radius 2 is 1.10 bits per heavy atom. The Kier molecular flexibility index (Phi) is 20.4. The minimum absolute atomic E-state index is 0.550. The molecule has 0 aliphatic carbocycles. The van der Waals surface area contributed by atoms with E-state index in [-0.39, 0.29) is 0 Å². The standard InChI is InChI=1S/C44H58N4O/c1-4-7-8-9-10-11-12-13-14-15-16-17-34-49-44-35-38(36-47-32-26-39(18-5-2)41-22-28-45-29-23-41)20-21-43(44)37-48-33-27-40(19-6-3)42-24-30-46-31-25-42/h5-6,18-33,35H,4,7-17,34,36-37H2,1-3H3/b18-5-,19-6-,39-26+,40-27+,47-32?,48-33?. The number of unbranched alkanes of at least 4 members (excludes halogenated alkanes) is 11. The van der Waals surface area contributed by atoms with Crippen LogP contribution in [-0.2, 0) is 13.1 Å². The van der Waals surface area contributed by atoms with Crippen LogP contribution in [0.2, 0.25) is 0 Å². The van der Waals surface area contributed by atoms with E-state index in [2.05, 4.69) is 47.2 Å². The van der Waals surface area contributed by atoms with Gasteiger partial charge in [0.2, 0.25) is 0 Å². The molecule has 0 spiro atoms. The van der Waals surface area contributed by atoms with Gasteiger partial charge in [0.05, 0.1) is 19.7 Å². The Balaban J connectivity index is 1.59. The number of allylic oxidation sites excluding steroid dienone is 8. The number of benzene rings is 1. The first-order valence-electron chi connectivity index (χ1n) is 18.5. The van der Waals surface area contributed by atoms with Crippen LogP contribution < -0.4 is 4.74 Å². The van der Waals surface area contributed by atoms with Crippen LogP contribution in [0.5, 0.6) is 5.75 Å². The monoisotopic (exact) mass is 658 g/mol. The van der Waals surface area contributed by atoms with Crippen LogP contribution in [0.1, 0.15) is 120 Å². The first kappa shape index (κ1) is 39.1. The van der Waals surface area contributed by atoms with Crippen LogP contribution in [0.15, 0.2) is 114 Å². The van der Waals surface area contributed by atoms with Gasteiger partial charge >= 0.3 is 0 Å². The quantitative estimate of drug-likeness (QED) is 0.0547. The molecule has 0 saturated heterocycles. The van der Waals surface area contributed by atoms with Gasteiger partial charge in [-0.1, -0.05) is 114 Å². The van der Waals surface area contributed by atoms with E-state index in [1.165, 1.54) is 70.6 Å². The predicted molar refractivity (Wildman–Crippen MR) is 211 cm³/mol. The molecule has 2 heterocycles. The first-order valence-corrected chi connectivity index (χ1v) is 18.5. The van der Waals surface area contributed by atoms with Crippen molar-refractivity contribution in [2.24, 2.45) is 9.98 Å². The number of ether oxygens (including phenoxy) is 1. The summed E-state index contributed by atoms with van der Waals surface area (Å²) in [4.78, 5) is 17.8. The zero-order valence-corrected chi connectivity index (χ0v) is 30.3. The molecule has 0 fully saturated rings. The van der Waals surface area contributed by atoms with Crippen LogP contribution in [0.4, 0.5) is 0 Å². The SMILES string of the molecule is C/C=C\C(=C/C=NCc1ccc(CN=C/C=C(\C=C/C)c2ccncc2)c(OCCCCCCCCCCCCCC)c1)c1ccncc1. The molecule has 3 rings (SSSR count). The average Bonchev–Trinajstić information content (AvgIpc) is 3.14. The van der Waals surface area contributed by atoms with Crippen molar-refractivity contribution in [2.75, 3.05) is 6.61 Å². The second kappa shape index (κ2) is 25.6. The number of pyridine rings is 2. The van der Waals surface area contributed by atoms with Gasteiger partial charge in [0.1, 0.15) is 5.75 Å². The number of hydrogen-bond donors (Lipinski definition) is 0. The molecule has 5 heteroatoms. The van der Waals surface area contributed by atoms with Gasteiger partial charge in [0.15, 0.2) is 0 Å². The Morgan fingerprint density at radius 3 is 1.61 bits per heavy atom. The van der Waals surface area contributed by atoms with Crippen molar-refractivity contribution in [1.29, 1.82) is 0 Å². The van der Waals surface area contributed by atoms with Crippen molar-refractivity contribution in [1.82, 2.24) is 9.97 Å². The number of rotatable bonds is 24. The molecular weight excluding hydrogens is 601 g/mol. The first-order chi connectivity index (χ1) is 24.2. The molecule has 260 valence electrons. The van der Waals surface area contributed by atoms with E-state index in [1.54, 1.807) is 0 Å². The summed E-state index contributed by atoms with van der Waals surface area (Å²) in [5.74, 6) is 0.904. The van der Waals surface area contributed by atoms with E-state index < -0.39 is 0 Å². The van der Waals surface area contributed by atoms with E-state index in [0.717, 1.165) is 52.2 Å². The lowest BCUT2D eigenvalue weighted by Crippen LogP contribution is -2.01. The topological polar surface area (TPSA) is 59.7 Å². The largest absolute Gasteiger partial charge is 0.493 e. The van der Waals surface area contributed by atoms with Crippen molar-refractivity contribution in [3.8, 4) is 5.75 Å². The molecule has 0 aliphatic rings. The van der Waals surface area contributed by atoms with Crippen LogP contribution in [0.3, 0.4) is 0 Å². The predicted octanol–water partition coefficient (Wildman–Crippen LogP) is 12.0. The molecule has 5 nitrogen and oxygen atoms in total. The molecule has 0 radical (unpaired) electrons. The lowest BCUT2D eigenvalue weighted by molar-refractivity contribution is 0.301. The normalized spacial score (nSPS) is 12.7. The van der Waals surface area contributed by atoms with Gasteiger partial charge in [-0.05, 0) is 90.6 Å². The maximum atomic E-state index is 6.40. The minimum Gasteiger partial charge on any atom is -0.493 e. The van der Waals surface area contributed by atoms with Gasteiger partial charge in [-0.2, -0.15) is 0 Å². The Bertz CT molecular complexity index is 1490. The zero-order valence-electron chi connectivity index (χ0n) is 30.3. The summed E-state index contributed by atoms with van der Waals surface area (Å²) in [6.07, 6.45) is 39.3. The molecule has 0 unspecified atom stereocenters. The second-order valence-electron chi connectivity index (χ2n) is 12.4. The summed E-state index contributed by atoms with van der Waals surface area (Å²) in [6, 6.07) is 14.5. The average molecular weight is 659 g/mol. The van der Waals surface area contributed by atoms with Gasteiger partial charge in [-0.25, -0.2) is 0 Å². The van der Waals surface area contributed by atoms with Gasteiger partial charge in [0, 0.05) is 42.8 Å². The molecule has 0 atom stereocenters. The molecular formula is C44H58N4O. The van der Waals surface area contributed by atoms with Crippen molar-refractivity contribution in [3.05, 3.63) is 126 Å². The van der Waals surface area contributed by atoms with Crippen LogP contribution in [0.25, 0.3) is 11.1 Å². The Labute approximate surface area is 296 Å². The van der Waals surface area contributed by atoms with Gasteiger partial charge in [-0.3, -0.25) is 20.0 Å². The third-order valence-corrected chi connectivity index (χ3v) is 8.36.